The number of benzene rings is 2. The number of ether oxygens (including phenoxy) is 1. The summed E-state index contributed by atoms with van der Waals surface area (Å²) in [4.78, 5) is 58.4. The van der Waals surface area contributed by atoms with Gasteiger partial charge in [-0.25, -0.2) is 14.6 Å². The molecule has 0 spiro atoms. The van der Waals surface area contributed by atoms with E-state index >= 15 is 0 Å². The Bertz CT molecular complexity index is 1240. The van der Waals surface area contributed by atoms with Crippen molar-refractivity contribution in [1.82, 2.24) is 10.0 Å². The molecular formula is C24H21N3O6S. The lowest BCUT2D eigenvalue weighted by molar-refractivity contribution is -0.0588. The van der Waals surface area contributed by atoms with Gasteiger partial charge in [0.05, 0.1) is 16.1 Å². The zero-order valence-electron chi connectivity index (χ0n) is 18.7. The molecule has 1 N–H and O–H groups in total. The van der Waals surface area contributed by atoms with Crippen molar-refractivity contribution in [3.63, 3.8) is 0 Å². The molecule has 3 amide bonds. The first-order valence-corrected chi connectivity index (χ1v) is 11.2. The molecule has 0 radical (unpaired) electrons. The third-order valence-electron chi connectivity index (χ3n) is 4.65. The largest absolute Gasteiger partial charge is 0.444 e. The Kier molecular flexibility index (Phi) is 6.16. The van der Waals surface area contributed by atoms with Gasteiger partial charge in [-0.3, -0.25) is 14.9 Å². The van der Waals surface area contributed by atoms with Gasteiger partial charge in [-0.05, 0) is 50.6 Å². The van der Waals surface area contributed by atoms with Crippen LogP contribution in [0, 0.1) is 0 Å². The van der Waals surface area contributed by atoms with Crippen molar-refractivity contribution in [1.29, 1.82) is 0 Å². The van der Waals surface area contributed by atoms with Gasteiger partial charge in [0, 0.05) is 17.5 Å². The lowest BCUT2D eigenvalue weighted by Crippen LogP contribution is -2.32. The van der Waals surface area contributed by atoms with E-state index in [0.29, 0.717) is 22.2 Å². The number of nitrogens with one attached hydrogen (secondary N) is 1. The molecule has 9 nitrogen and oxygen atoms in total. The molecule has 174 valence electrons. The number of rotatable bonds is 5. The first-order chi connectivity index (χ1) is 16.1. The normalized spacial score (nSPS) is 13.0. The molecule has 34 heavy (non-hydrogen) atoms. The summed E-state index contributed by atoms with van der Waals surface area (Å²) in [7, 11) is 0. The number of anilines is 1. The zero-order valence-corrected chi connectivity index (χ0v) is 19.5. The second-order valence-corrected chi connectivity index (χ2v) is 9.40. The van der Waals surface area contributed by atoms with Crippen LogP contribution >= 0.6 is 11.3 Å². The minimum absolute atomic E-state index is 0.000214. The van der Waals surface area contributed by atoms with Crippen molar-refractivity contribution in [2.45, 2.75) is 32.8 Å². The maximum atomic E-state index is 12.5. The predicted molar refractivity (Wildman–Crippen MR) is 124 cm³/mol. The van der Waals surface area contributed by atoms with Crippen LogP contribution in [0.25, 0.3) is 0 Å². The molecule has 2 heterocycles. The highest BCUT2D eigenvalue weighted by atomic mass is 32.1. The smallest absolute Gasteiger partial charge is 0.412 e. The second kappa shape index (κ2) is 9.06. The molecule has 0 fully saturated rings. The Morgan fingerprint density at radius 2 is 1.62 bits per heavy atom. The van der Waals surface area contributed by atoms with Crippen LogP contribution in [-0.2, 0) is 16.0 Å². The summed E-state index contributed by atoms with van der Waals surface area (Å²) >= 11 is 1.25. The molecule has 1 aliphatic heterocycles. The summed E-state index contributed by atoms with van der Waals surface area (Å²) in [5.41, 5.74) is 1.27. The molecule has 0 unspecified atom stereocenters. The summed E-state index contributed by atoms with van der Waals surface area (Å²) in [6, 6.07) is 13.4. The highest BCUT2D eigenvalue weighted by molar-refractivity contribution is 7.09. The Labute approximate surface area is 199 Å². The van der Waals surface area contributed by atoms with Gasteiger partial charge in [-0.2, -0.15) is 0 Å². The minimum Gasteiger partial charge on any atom is -0.444 e. The lowest BCUT2D eigenvalue weighted by Gasteiger charge is -2.19. The van der Waals surface area contributed by atoms with Gasteiger partial charge in [0.25, 0.3) is 11.8 Å². The molecule has 4 rings (SSSR count). The lowest BCUT2D eigenvalue weighted by atomic mass is 10.1. The minimum atomic E-state index is -0.895. The molecule has 2 aromatic carbocycles. The SMILES string of the molecule is CC(C)(C)OC(=O)Nc1ccc(Cc2nc(C(=O)ON3C(=O)c4ccccc4C3=O)cs2)cc1. The summed E-state index contributed by atoms with van der Waals surface area (Å²) in [6.07, 6.45) is -0.0982. The molecule has 0 saturated heterocycles. The van der Waals surface area contributed by atoms with Crippen LogP contribution in [-0.4, -0.2) is 39.5 Å². The number of hydrogen-bond acceptors (Lipinski definition) is 8. The second-order valence-electron chi connectivity index (χ2n) is 8.46. The molecule has 0 atom stereocenters. The first-order valence-electron chi connectivity index (χ1n) is 10.3. The molecule has 1 aromatic heterocycles. The molecular weight excluding hydrogens is 458 g/mol. The van der Waals surface area contributed by atoms with Crippen LogP contribution < -0.4 is 5.32 Å². The molecule has 0 bridgehead atoms. The van der Waals surface area contributed by atoms with E-state index in [9.17, 15) is 19.2 Å². The van der Waals surface area contributed by atoms with Crippen LogP contribution in [0.5, 0.6) is 0 Å². The molecule has 0 saturated carbocycles. The van der Waals surface area contributed by atoms with Gasteiger partial charge >= 0.3 is 12.1 Å². The van der Waals surface area contributed by atoms with Gasteiger partial charge in [-0.15, -0.1) is 11.3 Å². The summed E-state index contributed by atoms with van der Waals surface area (Å²) in [5.74, 6) is -2.28. The Balaban J connectivity index is 1.36. The number of carbonyl (C=O) groups excluding carboxylic acids is 4. The molecule has 1 aliphatic rings. The number of thiazole rings is 1. The van der Waals surface area contributed by atoms with Crippen molar-refractivity contribution in [3.8, 4) is 0 Å². The fraction of sp³-hybridized carbons (Fsp3) is 0.208. The van der Waals surface area contributed by atoms with E-state index in [1.807, 2.05) is 12.1 Å². The Morgan fingerprint density at radius 3 is 2.21 bits per heavy atom. The molecule has 3 aromatic rings. The Morgan fingerprint density at radius 1 is 1.00 bits per heavy atom. The molecule has 0 aliphatic carbocycles. The average molecular weight is 480 g/mol. The third-order valence-corrected chi connectivity index (χ3v) is 5.50. The van der Waals surface area contributed by atoms with Crippen LogP contribution in [0.15, 0.2) is 53.9 Å². The van der Waals surface area contributed by atoms with Gasteiger partial charge in [-0.1, -0.05) is 29.3 Å². The highest BCUT2D eigenvalue weighted by Crippen LogP contribution is 2.24. The maximum absolute atomic E-state index is 12.5. The van der Waals surface area contributed by atoms with Crippen LogP contribution in [0.1, 0.15) is 62.5 Å². The van der Waals surface area contributed by atoms with E-state index < -0.39 is 29.5 Å². The van der Waals surface area contributed by atoms with Crippen LogP contribution in [0.3, 0.4) is 0 Å². The summed E-state index contributed by atoms with van der Waals surface area (Å²) < 4.78 is 5.22. The quantitative estimate of drug-likeness (QED) is 0.538. The number of fused-ring (bicyclic) bond motifs is 1. The number of amides is 3. The zero-order chi connectivity index (χ0) is 24.5. The highest BCUT2D eigenvalue weighted by Gasteiger charge is 2.39. The standard InChI is InChI=1S/C24H21N3O6S/c1-24(2,3)32-23(31)25-15-10-8-14(9-11-15)12-19-26-18(13-34-19)22(30)33-27-20(28)16-6-4-5-7-17(16)21(27)29/h4-11,13H,12H2,1-3H3,(H,25,31). The number of hydroxylamine groups is 2. The fourth-order valence-electron chi connectivity index (χ4n) is 3.17. The van der Waals surface area contributed by atoms with Crippen molar-refractivity contribution in [2.75, 3.05) is 5.32 Å². The van der Waals surface area contributed by atoms with E-state index in [2.05, 4.69) is 10.3 Å². The summed E-state index contributed by atoms with van der Waals surface area (Å²) in [5, 5.41) is 5.27. The average Bonchev–Trinajstić information content (AvgIpc) is 3.33. The van der Waals surface area contributed by atoms with Crippen molar-refractivity contribution in [3.05, 3.63) is 81.3 Å². The van der Waals surface area contributed by atoms with E-state index in [-0.39, 0.29) is 16.8 Å². The van der Waals surface area contributed by atoms with Gasteiger partial charge in [0.1, 0.15) is 5.60 Å². The number of imide groups is 1. The number of carbonyl (C=O) groups is 4. The van der Waals surface area contributed by atoms with Gasteiger partial charge < -0.3 is 9.57 Å². The number of nitrogens with zero attached hydrogens (tertiary/aromatic N) is 2. The van der Waals surface area contributed by atoms with E-state index in [0.717, 1.165) is 5.56 Å². The first kappa shape index (κ1) is 23.1. The number of hydrogen-bond donors (Lipinski definition) is 1. The fourth-order valence-corrected chi connectivity index (χ4v) is 3.97. The van der Waals surface area contributed by atoms with Gasteiger partial charge in [0.15, 0.2) is 5.69 Å². The topological polar surface area (TPSA) is 115 Å². The van der Waals surface area contributed by atoms with E-state index in [1.165, 1.54) is 28.8 Å². The van der Waals surface area contributed by atoms with Crippen molar-refractivity contribution < 1.29 is 28.8 Å². The van der Waals surface area contributed by atoms with E-state index in [4.69, 9.17) is 9.57 Å². The van der Waals surface area contributed by atoms with Crippen molar-refractivity contribution >= 4 is 40.9 Å². The monoisotopic (exact) mass is 479 g/mol. The van der Waals surface area contributed by atoms with Gasteiger partial charge in [0.2, 0.25) is 0 Å². The Hall–Kier alpha value is -4.05. The maximum Gasteiger partial charge on any atom is 0.412 e. The van der Waals surface area contributed by atoms with Crippen LogP contribution in [0.4, 0.5) is 10.5 Å². The van der Waals surface area contributed by atoms with Crippen LogP contribution in [0.2, 0.25) is 0 Å². The predicted octanol–water partition coefficient (Wildman–Crippen LogP) is 4.45. The van der Waals surface area contributed by atoms with E-state index in [1.54, 1.807) is 45.0 Å². The third kappa shape index (κ3) is 5.12. The number of aromatic nitrogens is 1. The van der Waals surface area contributed by atoms with Crippen molar-refractivity contribution in [2.24, 2.45) is 0 Å². The summed E-state index contributed by atoms with van der Waals surface area (Å²) in [6.45, 7) is 5.36. The molecule has 10 heteroatoms.